The van der Waals surface area contributed by atoms with Crippen LogP contribution in [-0.2, 0) is 13.6 Å². The van der Waals surface area contributed by atoms with Crippen molar-refractivity contribution in [3.05, 3.63) is 57.2 Å². The van der Waals surface area contributed by atoms with Gasteiger partial charge in [0.05, 0.1) is 6.54 Å². The van der Waals surface area contributed by atoms with Gasteiger partial charge in [0.25, 0.3) is 5.56 Å². The number of pyridine rings is 1. The number of Topliss-reactive ketones (excluding diaryl/α,β-unsaturated/α-hetero) is 1. The first kappa shape index (κ1) is 11.9. The number of aryl methyl sites for hydroxylation is 1. The van der Waals surface area contributed by atoms with Gasteiger partial charge in [-0.05, 0) is 28.1 Å². The summed E-state index contributed by atoms with van der Waals surface area (Å²) in [5, 5.41) is 0. The molecule has 2 heterocycles. The number of carbonyl (C=O) groups excluding carboxylic acids is 1. The summed E-state index contributed by atoms with van der Waals surface area (Å²) < 4.78 is 3.97. The Kier molecular flexibility index (Phi) is 3.28. The zero-order chi connectivity index (χ0) is 12.4. The molecule has 0 aliphatic carbocycles. The highest BCUT2D eigenvalue weighted by molar-refractivity contribution is 9.10. The van der Waals surface area contributed by atoms with Crippen LogP contribution < -0.4 is 5.56 Å². The van der Waals surface area contributed by atoms with Crippen LogP contribution in [0, 0.1) is 0 Å². The van der Waals surface area contributed by atoms with Gasteiger partial charge in [-0.3, -0.25) is 9.59 Å². The lowest BCUT2D eigenvalue weighted by Gasteiger charge is -2.03. The summed E-state index contributed by atoms with van der Waals surface area (Å²) in [7, 11) is 1.85. The second-order valence-electron chi connectivity index (χ2n) is 3.80. The third kappa shape index (κ3) is 2.74. The van der Waals surface area contributed by atoms with E-state index in [1.54, 1.807) is 35.3 Å². The molecule has 0 unspecified atom stereocenters. The van der Waals surface area contributed by atoms with Crippen LogP contribution in [0.25, 0.3) is 0 Å². The second-order valence-corrected chi connectivity index (χ2v) is 4.72. The lowest BCUT2D eigenvalue weighted by molar-refractivity contribution is 0.0971. The predicted molar refractivity (Wildman–Crippen MR) is 68.1 cm³/mol. The molecule has 0 radical (unpaired) electrons. The fraction of sp³-hybridized carbons (Fsp3) is 0.167. The summed E-state index contributed by atoms with van der Waals surface area (Å²) in [6.45, 7) is 0.0578. The molecule has 0 spiro atoms. The Hall–Kier alpha value is -1.62. The smallest absolute Gasteiger partial charge is 0.251 e. The summed E-state index contributed by atoms with van der Waals surface area (Å²) in [4.78, 5) is 23.4. The summed E-state index contributed by atoms with van der Waals surface area (Å²) in [5.41, 5.74) is 0.428. The zero-order valence-corrected chi connectivity index (χ0v) is 10.8. The van der Waals surface area contributed by atoms with Crippen LogP contribution in [0.5, 0.6) is 0 Å². The summed E-state index contributed by atoms with van der Waals surface area (Å²) in [6, 6.07) is 4.83. The Morgan fingerprint density at radius 1 is 1.29 bits per heavy atom. The lowest BCUT2D eigenvalue weighted by atomic mass is 10.2. The minimum Gasteiger partial charge on any atom is -0.357 e. The second kappa shape index (κ2) is 4.71. The van der Waals surface area contributed by atoms with Gasteiger partial charge in [-0.15, -0.1) is 0 Å². The third-order valence-electron chi connectivity index (χ3n) is 2.42. The molecule has 0 N–H and O–H groups in total. The molecule has 2 aromatic rings. The third-order valence-corrected chi connectivity index (χ3v) is 2.88. The van der Waals surface area contributed by atoms with Gasteiger partial charge in [-0.25, -0.2) is 0 Å². The molecular formula is C12H11BrN2O2. The number of rotatable bonds is 3. The van der Waals surface area contributed by atoms with Crippen molar-refractivity contribution < 1.29 is 4.79 Å². The van der Waals surface area contributed by atoms with E-state index >= 15 is 0 Å². The Bertz CT molecular complexity index is 613. The Morgan fingerprint density at radius 2 is 2.06 bits per heavy atom. The monoisotopic (exact) mass is 294 g/mol. The first-order valence-electron chi connectivity index (χ1n) is 5.07. The van der Waals surface area contributed by atoms with Crippen molar-refractivity contribution in [3.8, 4) is 0 Å². The molecule has 2 rings (SSSR count). The molecule has 17 heavy (non-hydrogen) atoms. The van der Waals surface area contributed by atoms with E-state index in [-0.39, 0.29) is 17.9 Å². The molecule has 0 atom stereocenters. The molecule has 4 nitrogen and oxygen atoms in total. The van der Waals surface area contributed by atoms with E-state index in [0.717, 1.165) is 4.47 Å². The molecule has 0 amide bonds. The molecule has 0 fully saturated rings. The summed E-state index contributed by atoms with van der Waals surface area (Å²) >= 11 is 3.27. The van der Waals surface area contributed by atoms with E-state index < -0.39 is 0 Å². The van der Waals surface area contributed by atoms with Gasteiger partial charge < -0.3 is 9.13 Å². The Balaban J connectivity index is 2.24. The van der Waals surface area contributed by atoms with Gasteiger partial charge in [0, 0.05) is 41.7 Å². The predicted octanol–water partition coefficient (Wildman–Crippen LogP) is 1.83. The minimum atomic E-state index is -0.183. The van der Waals surface area contributed by atoms with Crippen LogP contribution in [0.4, 0.5) is 0 Å². The number of aromatic nitrogens is 2. The Labute approximate surface area is 107 Å². The van der Waals surface area contributed by atoms with Crippen molar-refractivity contribution in [3.63, 3.8) is 0 Å². The first-order chi connectivity index (χ1) is 8.06. The van der Waals surface area contributed by atoms with Crippen LogP contribution in [0.15, 0.2) is 46.1 Å². The average Bonchev–Trinajstić information content (AvgIpc) is 2.70. The van der Waals surface area contributed by atoms with Gasteiger partial charge in [-0.1, -0.05) is 0 Å². The maximum atomic E-state index is 11.9. The highest BCUT2D eigenvalue weighted by Crippen LogP contribution is 2.07. The largest absolute Gasteiger partial charge is 0.357 e. The number of halogens is 1. The number of hydrogen-bond donors (Lipinski definition) is 0. The Morgan fingerprint density at radius 3 is 2.71 bits per heavy atom. The maximum Gasteiger partial charge on any atom is 0.251 e. The van der Waals surface area contributed by atoms with E-state index in [4.69, 9.17) is 0 Å². The average molecular weight is 295 g/mol. The van der Waals surface area contributed by atoms with E-state index in [9.17, 15) is 9.59 Å². The topological polar surface area (TPSA) is 44.0 Å². The maximum absolute atomic E-state index is 11.9. The van der Waals surface area contributed by atoms with Crippen molar-refractivity contribution >= 4 is 21.7 Å². The molecule has 0 saturated heterocycles. The van der Waals surface area contributed by atoms with Gasteiger partial charge in [0.15, 0.2) is 5.78 Å². The summed E-state index contributed by atoms with van der Waals surface area (Å²) in [6.07, 6.45) is 5.16. The number of hydrogen-bond acceptors (Lipinski definition) is 2. The molecule has 0 aromatic carbocycles. The van der Waals surface area contributed by atoms with Crippen molar-refractivity contribution in [2.75, 3.05) is 0 Å². The number of carbonyl (C=O) groups is 1. The normalized spacial score (nSPS) is 10.5. The SMILES string of the molecule is Cn1ccc(C(=O)Cn2cc(Br)ccc2=O)c1. The highest BCUT2D eigenvalue weighted by Gasteiger charge is 2.08. The minimum absolute atomic E-state index is 0.0578. The molecule has 0 saturated carbocycles. The molecular weight excluding hydrogens is 284 g/mol. The van der Waals surface area contributed by atoms with Gasteiger partial charge in [0.1, 0.15) is 0 Å². The van der Waals surface area contributed by atoms with E-state index in [0.29, 0.717) is 5.56 Å². The van der Waals surface area contributed by atoms with Crippen molar-refractivity contribution in [1.29, 1.82) is 0 Å². The van der Waals surface area contributed by atoms with Gasteiger partial charge in [0.2, 0.25) is 0 Å². The van der Waals surface area contributed by atoms with Gasteiger partial charge >= 0.3 is 0 Å². The van der Waals surface area contributed by atoms with Crippen LogP contribution in [0.2, 0.25) is 0 Å². The van der Waals surface area contributed by atoms with Crippen LogP contribution in [0.3, 0.4) is 0 Å². The number of ketones is 1. The molecule has 0 aliphatic rings. The number of nitrogens with zero attached hydrogens (tertiary/aromatic N) is 2. The fourth-order valence-corrected chi connectivity index (χ4v) is 1.92. The van der Waals surface area contributed by atoms with E-state index in [2.05, 4.69) is 15.9 Å². The molecule has 2 aromatic heterocycles. The standard InChI is InChI=1S/C12H11BrN2O2/c1-14-5-4-9(6-14)11(16)8-15-7-10(13)2-3-12(15)17/h2-7H,8H2,1H3. The quantitative estimate of drug-likeness (QED) is 0.811. The zero-order valence-electron chi connectivity index (χ0n) is 9.26. The van der Waals surface area contributed by atoms with E-state index in [1.165, 1.54) is 10.6 Å². The molecule has 5 heteroatoms. The first-order valence-corrected chi connectivity index (χ1v) is 5.87. The van der Waals surface area contributed by atoms with Crippen LogP contribution in [-0.4, -0.2) is 14.9 Å². The summed E-state index contributed by atoms with van der Waals surface area (Å²) in [5.74, 6) is -0.0780. The van der Waals surface area contributed by atoms with Crippen LogP contribution in [0.1, 0.15) is 10.4 Å². The van der Waals surface area contributed by atoms with Crippen LogP contribution >= 0.6 is 15.9 Å². The highest BCUT2D eigenvalue weighted by atomic mass is 79.9. The van der Waals surface area contributed by atoms with Gasteiger partial charge in [-0.2, -0.15) is 0 Å². The van der Waals surface area contributed by atoms with Crippen molar-refractivity contribution in [2.24, 2.45) is 7.05 Å². The molecule has 88 valence electrons. The molecule has 0 bridgehead atoms. The van der Waals surface area contributed by atoms with Crippen molar-refractivity contribution in [1.82, 2.24) is 9.13 Å². The van der Waals surface area contributed by atoms with E-state index in [1.807, 2.05) is 7.05 Å². The fourth-order valence-electron chi connectivity index (χ4n) is 1.54. The van der Waals surface area contributed by atoms with Crippen molar-refractivity contribution in [2.45, 2.75) is 6.54 Å². The lowest BCUT2D eigenvalue weighted by Crippen LogP contribution is -2.22. The molecule has 0 aliphatic heterocycles.